The molecule has 0 aliphatic carbocycles. The van der Waals surface area contributed by atoms with Crippen LogP contribution in [0.1, 0.15) is 5.56 Å². The van der Waals surface area contributed by atoms with Crippen molar-refractivity contribution >= 4 is 21.8 Å². The van der Waals surface area contributed by atoms with Gasteiger partial charge in [0.15, 0.2) is 5.84 Å². The minimum Gasteiger partial charge on any atom is -0.308 e. The zero-order valence-corrected chi connectivity index (χ0v) is 14.1. The van der Waals surface area contributed by atoms with Gasteiger partial charge in [0.05, 0.1) is 0 Å². The van der Waals surface area contributed by atoms with Crippen molar-refractivity contribution in [1.29, 1.82) is 0 Å². The van der Waals surface area contributed by atoms with Crippen LogP contribution in [0.15, 0.2) is 63.9 Å². The summed E-state index contributed by atoms with van der Waals surface area (Å²) in [6.07, 6.45) is 0. The number of rotatable bonds is 3. The van der Waals surface area contributed by atoms with Crippen LogP contribution in [0, 0.1) is 0 Å². The molecule has 0 radical (unpaired) electrons. The van der Waals surface area contributed by atoms with Gasteiger partial charge in [0, 0.05) is 11.1 Å². The molecule has 3 aromatic rings. The molecule has 0 saturated carbocycles. The molecule has 10 heteroatoms. The smallest absolute Gasteiger partial charge is 0.285 e. The number of fused-ring (bicyclic) bond motifs is 1. The zero-order valence-electron chi connectivity index (χ0n) is 13.3. The van der Waals surface area contributed by atoms with Crippen LogP contribution < -0.4 is 5.32 Å². The summed E-state index contributed by atoms with van der Waals surface area (Å²) in [6, 6.07) is 15.5. The van der Waals surface area contributed by atoms with E-state index in [2.05, 4.69) is 25.1 Å². The Morgan fingerprint density at radius 1 is 1.04 bits per heavy atom. The number of aromatic nitrogens is 4. The number of hydrogen-bond donors (Lipinski definition) is 1. The predicted octanol–water partition coefficient (Wildman–Crippen LogP) is 0.605. The van der Waals surface area contributed by atoms with Gasteiger partial charge in [-0.25, -0.2) is 0 Å². The molecule has 0 saturated heterocycles. The second-order valence-corrected chi connectivity index (χ2v) is 7.04. The first kappa shape index (κ1) is 16.1. The maximum absolute atomic E-state index is 12.2. The molecule has 9 nitrogen and oxygen atoms in total. The standard InChI is InChI=1S/C16H12N6O3S/c23-14(10-22-19-15(18-21-22)11-6-2-1-3-7-11)17-16-12-8-4-5-9-13(12)26(24,25)20-16/h1-9H,10H2,(H,17,20,23). The fraction of sp³-hybridized carbons (Fsp3) is 0.0625. The van der Waals surface area contributed by atoms with E-state index in [1.807, 2.05) is 30.3 Å². The summed E-state index contributed by atoms with van der Waals surface area (Å²) in [5.74, 6) is -0.119. The van der Waals surface area contributed by atoms with Crippen LogP contribution >= 0.6 is 0 Å². The molecule has 1 aliphatic rings. The van der Waals surface area contributed by atoms with E-state index in [-0.39, 0.29) is 17.3 Å². The topological polar surface area (TPSA) is 119 Å². The highest BCUT2D eigenvalue weighted by molar-refractivity contribution is 7.90. The summed E-state index contributed by atoms with van der Waals surface area (Å²) in [6.45, 7) is -0.221. The van der Waals surface area contributed by atoms with Crippen LogP contribution in [0.25, 0.3) is 11.4 Å². The Bertz CT molecular complexity index is 1120. The van der Waals surface area contributed by atoms with Crippen molar-refractivity contribution in [2.24, 2.45) is 4.40 Å². The molecule has 1 aliphatic heterocycles. The van der Waals surface area contributed by atoms with Crippen molar-refractivity contribution in [3.8, 4) is 11.4 Å². The van der Waals surface area contributed by atoms with Gasteiger partial charge in [-0.05, 0) is 17.3 Å². The summed E-state index contributed by atoms with van der Waals surface area (Å²) < 4.78 is 27.6. The quantitative estimate of drug-likeness (QED) is 0.723. The first-order valence-electron chi connectivity index (χ1n) is 7.60. The predicted molar refractivity (Wildman–Crippen MR) is 91.6 cm³/mol. The highest BCUT2D eigenvalue weighted by atomic mass is 32.2. The van der Waals surface area contributed by atoms with Crippen LogP contribution in [0.3, 0.4) is 0 Å². The van der Waals surface area contributed by atoms with Gasteiger partial charge in [-0.1, -0.05) is 42.5 Å². The highest BCUT2D eigenvalue weighted by Crippen LogP contribution is 2.24. The van der Waals surface area contributed by atoms with Crippen molar-refractivity contribution in [2.45, 2.75) is 11.4 Å². The van der Waals surface area contributed by atoms with Crippen LogP contribution in [0.5, 0.6) is 0 Å². The molecule has 0 spiro atoms. The molecule has 1 aromatic heterocycles. The number of carbonyl (C=O) groups excluding carboxylic acids is 1. The van der Waals surface area contributed by atoms with Gasteiger partial charge >= 0.3 is 0 Å². The number of amides is 1. The first-order valence-corrected chi connectivity index (χ1v) is 9.04. The third kappa shape index (κ3) is 2.97. The van der Waals surface area contributed by atoms with E-state index in [1.54, 1.807) is 18.2 Å². The molecule has 1 N–H and O–H groups in total. The molecule has 2 heterocycles. The molecule has 4 rings (SSSR count). The van der Waals surface area contributed by atoms with E-state index >= 15 is 0 Å². The Balaban J connectivity index is 1.50. The number of sulfonamides is 1. The summed E-state index contributed by atoms with van der Waals surface area (Å²) in [4.78, 5) is 13.4. The molecule has 0 unspecified atom stereocenters. The molecule has 26 heavy (non-hydrogen) atoms. The fourth-order valence-corrected chi connectivity index (χ4v) is 3.68. The van der Waals surface area contributed by atoms with E-state index in [4.69, 9.17) is 0 Å². The lowest BCUT2D eigenvalue weighted by Crippen LogP contribution is -2.33. The Kier molecular flexibility index (Phi) is 3.81. The molecule has 2 aromatic carbocycles. The van der Waals surface area contributed by atoms with Crippen molar-refractivity contribution in [2.75, 3.05) is 0 Å². The van der Waals surface area contributed by atoms with Crippen molar-refractivity contribution in [3.05, 3.63) is 60.2 Å². The van der Waals surface area contributed by atoms with Gasteiger partial charge in [-0.3, -0.25) is 4.79 Å². The lowest BCUT2D eigenvalue weighted by atomic mass is 10.2. The van der Waals surface area contributed by atoms with Crippen LogP contribution in [-0.2, 0) is 21.4 Å². The minimum absolute atomic E-state index is 0.00556. The van der Waals surface area contributed by atoms with Gasteiger partial charge in [0.2, 0.25) is 11.7 Å². The summed E-state index contributed by atoms with van der Waals surface area (Å²) in [5, 5.41) is 14.4. The molecule has 0 atom stereocenters. The number of nitrogens with one attached hydrogen (secondary N) is 1. The SMILES string of the molecule is O=C(Cn1nnc(-c2ccccc2)n1)NC1=NS(=O)(=O)c2ccccc21. The number of amidine groups is 1. The second-order valence-electron chi connectivity index (χ2n) is 5.47. The lowest BCUT2D eigenvalue weighted by Gasteiger charge is -2.04. The van der Waals surface area contributed by atoms with Crippen molar-refractivity contribution in [3.63, 3.8) is 0 Å². The number of nitrogens with zero attached hydrogens (tertiary/aromatic N) is 5. The maximum Gasteiger partial charge on any atom is 0.285 e. The van der Waals surface area contributed by atoms with Crippen LogP contribution in [0.2, 0.25) is 0 Å². The monoisotopic (exact) mass is 368 g/mol. The third-order valence-corrected chi connectivity index (χ3v) is 4.99. The Morgan fingerprint density at radius 2 is 1.77 bits per heavy atom. The number of tetrazole rings is 1. The van der Waals surface area contributed by atoms with Gasteiger partial charge < -0.3 is 5.32 Å². The molecule has 1 amide bonds. The molecular weight excluding hydrogens is 356 g/mol. The lowest BCUT2D eigenvalue weighted by molar-refractivity contribution is -0.120. The van der Waals surface area contributed by atoms with Gasteiger partial charge in [0.25, 0.3) is 10.0 Å². The number of benzene rings is 2. The molecule has 130 valence electrons. The van der Waals surface area contributed by atoms with Crippen LogP contribution in [0.4, 0.5) is 0 Å². The average molecular weight is 368 g/mol. The van der Waals surface area contributed by atoms with Crippen LogP contribution in [-0.4, -0.2) is 40.4 Å². The normalized spacial score (nSPS) is 14.5. The summed E-state index contributed by atoms with van der Waals surface area (Å²) in [7, 11) is -3.78. The minimum atomic E-state index is -3.78. The average Bonchev–Trinajstić information content (AvgIpc) is 3.19. The van der Waals surface area contributed by atoms with Gasteiger partial charge in [-0.2, -0.15) is 13.2 Å². The van der Waals surface area contributed by atoms with E-state index in [0.717, 1.165) is 10.4 Å². The van der Waals surface area contributed by atoms with E-state index < -0.39 is 15.9 Å². The number of carbonyl (C=O) groups is 1. The molecule has 0 bridgehead atoms. The number of hydrogen-bond acceptors (Lipinski definition) is 6. The zero-order chi connectivity index (χ0) is 18.1. The molecule has 0 fully saturated rings. The Labute approximate surface area is 148 Å². The van der Waals surface area contributed by atoms with E-state index in [0.29, 0.717) is 11.4 Å². The van der Waals surface area contributed by atoms with E-state index in [9.17, 15) is 13.2 Å². The fourth-order valence-electron chi connectivity index (χ4n) is 2.51. The van der Waals surface area contributed by atoms with E-state index in [1.165, 1.54) is 6.07 Å². The highest BCUT2D eigenvalue weighted by Gasteiger charge is 2.29. The second kappa shape index (κ2) is 6.15. The first-order chi connectivity index (χ1) is 12.5. The van der Waals surface area contributed by atoms with Gasteiger partial charge in [-0.15, -0.1) is 14.6 Å². The maximum atomic E-state index is 12.2. The van der Waals surface area contributed by atoms with Crippen molar-refractivity contribution < 1.29 is 13.2 Å². The Morgan fingerprint density at radius 3 is 2.58 bits per heavy atom. The molecular formula is C16H12N6O3S. The summed E-state index contributed by atoms with van der Waals surface area (Å²) >= 11 is 0. The summed E-state index contributed by atoms with van der Waals surface area (Å²) in [5.41, 5.74) is 1.14. The third-order valence-electron chi connectivity index (χ3n) is 3.66. The van der Waals surface area contributed by atoms with Gasteiger partial charge in [0.1, 0.15) is 11.4 Å². The Hall–Kier alpha value is -3.40. The largest absolute Gasteiger partial charge is 0.308 e. The van der Waals surface area contributed by atoms with Crippen molar-refractivity contribution in [1.82, 2.24) is 25.5 Å².